The molecular weight excluding hydrogens is 260 g/mol. The van der Waals surface area contributed by atoms with E-state index in [1.807, 2.05) is 6.92 Å². The molecule has 2 heterocycles. The van der Waals surface area contributed by atoms with Gasteiger partial charge in [-0.1, -0.05) is 0 Å². The normalized spacial score (nSPS) is 20.5. The summed E-state index contributed by atoms with van der Waals surface area (Å²) in [4.78, 5) is 20.2. The average molecular weight is 282 g/mol. The summed E-state index contributed by atoms with van der Waals surface area (Å²) in [6.45, 7) is 10.5. The monoisotopic (exact) mass is 282 g/mol. The van der Waals surface area contributed by atoms with E-state index in [2.05, 4.69) is 27.5 Å². The topological polar surface area (TPSA) is 48.5 Å². The summed E-state index contributed by atoms with van der Waals surface area (Å²) in [5, 5.41) is 6.26. The van der Waals surface area contributed by atoms with Gasteiger partial charge < -0.3 is 5.32 Å². The van der Waals surface area contributed by atoms with E-state index in [0.717, 1.165) is 37.0 Å². The van der Waals surface area contributed by atoms with Crippen molar-refractivity contribution in [3.8, 4) is 0 Å². The van der Waals surface area contributed by atoms with E-state index in [9.17, 15) is 4.79 Å². The van der Waals surface area contributed by atoms with E-state index in [1.54, 1.807) is 23.2 Å². The molecule has 1 aromatic heterocycles. The van der Waals surface area contributed by atoms with Crippen LogP contribution in [0.2, 0.25) is 0 Å². The standard InChI is InChI=1S/C13H22N4OS/c1-4-17(11(3)18)13-15-12(9-19-13)8-16-6-5-14-7-10(16)2/h9-10,14H,4-8H2,1-3H3. The Kier molecular flexibility index (Phi) is 4.90. The van der Waals surface area contributed by atoms with Gasteiger partial charge in [-0.15, -0.1) is 11.3 Å². The Labute approximate surface area is 118 Å². The molecule has 0 saturated carbocycles. The van der Waals surface area contributed by atoms with Gasteiger partial charge >= 0.3 is 0 Å². The first-order valence-electron chi connectivity index (χ1n) is 6.79. The van der Waals surface area contributed by atoms with Gasteiger partial charge in [0, 0.05) is 51.1 Å². The van der Waals surface area contributed by atoms with Gasteiger partial charge in [0.15, 0.2) is 5.13 Å². The SMILES string of the molecule is CCN(C(C)=O)c1nc(CN2CCNCC2C)cs1. The van der Waals surface area contributed by atoms with Crippen molar-refractivity contribution >= 4 is 22.4 Å². The number of piperazine rings is 1. The molecule has 2 rings (SSSR count). The second kappa shape index (κ2) is 6.45. The summed E-state index contributed by atoms with van der Waals surface area (Å²) in [7, 11) is 0. The maximum Gasteiger partial charge on any atom is 0.225 e. The van der Waals surface area contributed by atoms with Gasteiger partial charge in [0.25, 0.3) is 0 Å². The lowest BCUT2D eigenvalue weighted by Crippen LogP contribution is -2.49. The fourth-order valence-electron chi connectivity index (χ4n) is 2.31. The summed E-state index contributed by atoms with van der Waals surface area (Å²) >= 11 is 1.55. The number of thiazole rings is 1. The maximum atomic E-state index is 11.5. The molecule has 1 amide bonds. The van der Waals surface area contributed by atoms with Gasteiger partial charge in [-0.3, -0.25) is 14.6 Å². The molecule has 1 aromatic rings. The molecule has 0 bridgehead atoms. The number of nitrogens with one attached hydrogen (secondary N) is 1. The minimum atomic E-state index is 0.0546. The van der Waals surface area contributed by atoms with Crippen molar-refractivity contribution in [2.24, 2.45) is 0 Å². The van der Waals surface area contributed by atoms with Crippen LogP contribution in [0.3, 0.4) is 0 Å². The highest BCUT2D eigenvalue weighted by molar-refractivity contribution is 7.14. The van der Waals surface area contributed by atoms with E-state index in [0.29, 0.717) is 12.6 Å². The first kappa shape index (κ1) is 14.4. The summed E-state index contributed by atoms with van der Waals surface area (Å²) < 4.78 is 0. The predicted octanol–water partition coefficient (Wildman–Crippen LogP) is 1.31. The van der Waals surface area contributed by atoms with Crippen LogP contribution in [0.15, 0.2) is 5.38 Å². The molecular formula is C13H22N4OS. The van der Waals surface area contributed by atoms with Gasteiger partial charge in [-0.25, -0.2) is 4.98 Å². The Hall–Kier alpha value is -0.980. The zero-order valence-electron chi connectivity index (χ0n) is 11.8. The Morgan fingerprint density at radius 2 is 2.47 bits per heavy atom. The van der Waals surface area contributed by atoms with Crippen molar-refractivity contribution < 1.29 is 4.79 Å². The van der Waals surface area contributed by atoms with Crippen LogP contribution in [0.25, 0.3) is 0 Å². The molecule has 1 fully saturated rings. The van der Waals surface area contributed by atoms with Crippen LogP contribution in [0.5, 0.6) is 0 Å². The Morgan fingerprint density at radius 1 is 1.68 bits per heavy atom. The number of amides is 1. The quantitative estimate of drug-likeness (QED) is 0.904. The molecule has 1 N–H and O–H groups in total. The van der Waals surface area contributed by atoms with Gasteiger partial charge in [-0.2, -0.15) is 0 Å². The lowest BCUT2D eigenvalue weighted by molar-refractivity contribution is -0.116. The first-order valence-corrected chi connectivity index (χ1v) is 7.67. The molecule has 6 heteroatoms. The summed E-state index contributed by atoms with van der Waals surface area (Å²) in [6.07, 6.45) is 0. The number of carbonyl (C=O) groups excluding carboxylic acids is 1. The minimum Gasteiger partial charge on any atom is -0.314 e. The van der Waals surface area contributed by atoms with Gasteiger partial charge in [-0.05, 0) is 13.8 Å². The number of nitrogens with zero attached hydrogens (tertiary/aromatic N) is 3. The van der Waals surface area contributed by atoms with Crippen molar-refractivity contribution in [2.75, 3.05) is 31.1 Å². The molecule has 5 nitrogen and oxygen atoms in total. The molecule has 0 spiro atoms. The van der Waals surface area contributed by atoms with Crippen molar-refractivity contribution in [3.05, 3.63) is 11.1 Å². The van der Waals surface area contributed by atoms with Crippen LogP contribution in [0.4, 0.5) is 5.13 Å². The molecule has 1 saturated heterocycles. The molecule has 1 aliphatic rings. The van der Waals surface area contributed by atoms with E-state index >= 15 is 0 Å². The predicted molar refractivity (Wildman–Crippen MR) is 78.6 cm³/mol. The van der Waals surface area contributed by atoms with Gasteiger partial charge in [0.05, 0.1) is 5.69 Å². The fraction of sp³-hybridized carbons (Fsp3) is 0.692. The van der Waals surface area contributed by atoms with Gasteiger partial charge in [0.2, 0.25) is 5.91 Å². The lowest BCUT2D eigenvalue weighted by Gasteiger charge is -2.33. The zero-order chi connectivity index (χ0) is 13.8. The van der Waals surface area contributed by atoms with Crippen molar-refractivity contribution in [3.63, 3.8) is 0 Å². The number of hydrogen-bond acceptors (Lipinski definition) is 5. The van der Waals surface area contributed by atoms with E-state index < -0.39 is 0 Å². The lowest BCUT2D eigenvalue weighted by atomic mass is 10.2. The molecule has 1 unspecified atom stereocenters. The zero-order valence-corrected chi connectivity index (χ0v) is 12.7. The largest absolute Gasteiger partial charge is 0.314 e. The maximum absolute atomic E-state index is 11.5. The number of carbonyl (C=O) groups is 1. The third-order valence-corrected chi connectivity index (χ3v) is 4.38. The summed E-state index contributed by atoms with van der Waals surface area (Å²) in [5.74, 6) is 0.0546. The Morgan fingerprint density at radius 3 is 3.11 bits per heavy atom. The molecule has 0 aromatic carbocycles. The fourth-order valence-corrected chi connectivity index (χ4v) is 3.24. The van der Waals surface area contributed by atoms with Crippen LogP contribution < -0.4 is 10.2 Å². The molecule has 106 valence electrons. The van der Waals surface area contributed by atoms with Crippen LogP contribution in [0, 0.1) is 0 Å². The molecule has 0 aliphatic carbocycles. The molecule has 1 aliphatic heterocycles. The summed E-state index contributed by atoms with van der Waals surface area (Å²) in [5.41, 5.74) is 1.06. The van der Waals surface area contributed by atoms with Crippen LogP contribution >= 0.6 is 11.3 Å². The third-order valence-electron chi connectivity index (χ3n) is 3.47. The first-order chi connectivity index (χ1) is 9.11. The van der Waals surface area contributed by atoms with Gasteiger partial charge in [0.1, 0.15) is 0 Å². The second-order valence-corrected chi connectivity index (χ2v) is 5.74. The highest BCUT2D eigenvalue weighted by Crippen LogP contribution is 2.22. The van der Waals surface area contributed by atoms with E-state index in [-0.39, 0.29) is 5.91 Å². The van der Waals surface area contributed by atoms with Crippen molar-refractivity contribution in [1.82, 2.24) is 15.2 Å². The smallest absolute Gasteiger partial charge is 0.225 e. The van der Waals surface area contributed by atoms with Crippen molar-refractivity contribution in [2.45, 2.75) is 33.4 Å². The molecule has 0 radical (unpaired) electrons. The van der Waals surface area contributed by atoms with E-state index in [1.165, 1.54) is 0 Å². The molecule has 1 atom stereocenters. The average Bonchev–Trinajstić information content (AvgIpc) is 2.81. The van der Waals surface area contributed by atoms with E-state index in [4.69, 9.17) is 0 Å². The van der Waals surface area contributed by atoms with Crippen LogP contribution in [-0.2, 0) is 11.3 Å². The highest BCUT2D eigenvalue weighted by atomic mass is 32.1. The highest BCUT2D eigenvalue weighted by Gasteiger charge is 2.20. The Bertz CT molecular complexity index is 434. The number of anilines is 1. The van der Waals surface area contributed by atoms with Crippen molar-refractivity contribution in [1.29, 1.82) is 0 Å². The van der Waals surface area contributed by atoms with Crippen LogP contribution in [0.1, 0.15) is 26.5 Å². The Balaban J connectivity index is 2.02. The number of hydrogen-bond donors (Lipinski definition) is 1. The number of rotatable bonds is 4. The summed E-state index contributed by atoms with van der Waals surface area (Å²) in [6, 6.07) is 0.536. The second-order valence-electron chi connectivity index (χ2n) is 4.91. The third kappa shape index (κ3) is 3.52. The minimum absolute atomic E-state index is 0.0546. The van der Waals surface area contributed by atoms with Crippen LogP contribution in [-0.4, -0.2) is 48.0 Å². The number of aromatic nitrogens is 1. The molecule has 19 heavy (non-hydrogen) atoms.